The van der Waals surface area contributed by atoms with Crippen LogP contribution in [0, 0.1) is 22.9 Å². The zero-order chi connectivity index (χ0) is 14.0. The molecule has 0 radical (unpaired) electrons. The zero-order valence-corrected chi connectivity index (χ0v) is 11.6. The first kappa shape index (κ1) is 13.5. The first-order valence-electron chi connectivity index (χ1n) is 5.44. The molecular weight excluding hydrogens is 315 g/mol. The molecule has 2 aromatic rings. The van der Waals surface area contributed by atoms with Gasteiger partial charge in [-0.25, -0.2) is 4.39 Å². The minimum atomic E-state index is -0.469. The number of nitro groups is 1. The Bertz CT molecular complexity index is 647. The maximum absolute atomic E-state index is 13.2. The quantitative estimate of drug-likeness (QED) is 0.665. The molecule has 1 N–H and O–H groups in total. The molecule has 0 aromatic heterocycles. The van der Waals surface area contributed by atoms with Crippen LogP contribution in [0.3, 0.4) is 0 Å². The third-order valence-corrected chi connectivity index (χ3v) is 3.09. The second-order valence-electron chi connectivity index (χ2n) is 4.01. The van der Waals surface area contributed by atoms with E-state index in [4.69, 9.17) is 0 Å². The highest BCUT2D eigenvalue weighted by molar-refractivity contribution is 9.10. The van der Waals surface area contributed by atoms with Gasteiger partial charge >= 0.3 is 0 Å². The van der Waals surface area contributed by atoms with Crippen molar-refractivity contribution in [2.75, 3.05) is 5.32 Å². The van der Waals surface area contributed by atoms with E-state index in [1.54, 1.807) is 25.1 Å². The Morgan fingerprint density at radius 2 is 2.00 bits per heavy atom. The first-order chi connectivity index (χ1) is 8.97. The van der Waals surface area contributed by atoms with Crippen molar-refractivity contribution in [1.82, 2.24) is 0 Å². The highest BCUT2D eigenvalue weighted by atomic mass is 79.9. The number of aryl methyl sites for hydroxylation is 1. The number of halogens is 2. The zero-order valence-electron chi connectivity index (χ0n) is 9.98. The molecule has 98 valence electrons. The van der Waals surface area contributed by atoms with E-state index in [0.717, 1.165) is 0 Å². The summed E-state index contributed by atoms with van der Waals surface area (Å²) in [5.74, 6) is -0.309. The number of nitro benzene ring substituents is 1. The maximum atomic E-state index is 13.2. The number of hydrogen-bond donors (Lipinski definition) is 1. The van der Waals surface area contributed by atoms with E-state index < -0.39 is 4.92 Å². The van der Waals surface area contributed by atoms with Crippen molar-refractivity contribution >= 4 is 33.0 Å². The molecule has 0 aliphatic carbocycles. The largest absolute Gasteiger partial charge is 0.350 e. The lowest BCUT2D eigenvalue weighted by atomic mass is 10.2. The van der Waals surface area contributed by atoms with Crippen LogP contribution in [0.5, 0.6) is 0 Å². The number of hydrogen-bond acceptors (Lipinski definition) is 3. The van der Waals surface area contributed by atoms with Gasteiger partial charge in [-0.05, 0) is 42.8 Å². The summed E-state index contributed by atoms with van der Waals surface area (Å²) in [7, 11) is 0. The normalized spacial score (nSPS) is 10.3. The highest BCUT2D eigenvalue weighted by Gasteiger charge is 2.14. The third-order valence-electron chi connectivity index (χ3n) is 2.59. The van der Waals surface area contributed by atoms with Crippen LogP contribution < -0.4 is 5.32 Å². The van der Waals surface area contributed by atoms with Crippen LogP contribution in [0.15, 0.2) is 40.9 Å². The predicted octanol–water partition coefficient (Wildman–Crippen LogP) is 4.55. The summed E-state index contributed by atoms with van der Waals surface area (Å²) >= 11 is 3.19. The van der Waals surface area contributed by atoms with Gasteiger partial charge in [0.05, 0.1) is 4.92 Å². The fourth-order valence-electron chi connectivity index (χ4n) is 1.64. The molecule has 0 fully saturated rings. The summed E-state index contributed by atoms with van der Waals surface area (Å²) in [5.41, 5.74) is 1.39. The molecule has 6 heteroatoms. The van der Waals surface area contributed by atoms with Crippen LogP contribution in [0.4, 0.5) is 21.5 Å². The van der Waals surface area contributed by atoms with Crippen molar-refractivity contribution in [1.29, 1.82) is 0 Å². The van der Waals surface area contributed by atoms with E-state index in [1.165, 1.54) is 18.2 Å². The van der Waals surface area contributed by atoms with Crippen molar-refractivity contribution in [3.05, 3.63) is 62.4 Å². The van der Waals surface area contributed by atoms with E-state index in [9.17, 15) is 14.5 Å². The molecule has 0 aliphatic rings. The lowest BCUT2D eigenvalue weighted by Gasteiger charge is -2.08. The van der Waals surface area contributed by atoms with Crippen molar-refractivity contribution in [3.63, 3.8) is 0 Å². The van der Waals surface area contributed by atoms with Gasteiger partial charge in [-0.2, -0.15) is 0 Å². The SMILES string of the molecule is Cc1cc(Nc2ccc(Br)cc2[N+](=O)[O-])ccc1F. The number of anilines is 2. The van der Waals surface area contributed by atoms with Crippen LogP contribution in [0.2, 0.25) is 0 Å². The molecule has 2 rings (SSSR count). The Labute approximate surface area is 117 Å². The molecule has 0 heterocycles. The number of nitrogens with zero attached hydrogens (tertiary/aromatic N) is 1. The summed E-state index contributed by atoms with van der Waals surface area (Å²) < 4.78 is 13.8. The third kappa shape index (κ3) is 3.08. The van der Waals surface area contributed by atoms with Gasteiger partial charge in [0, 0.05) is 16.2 Å². The molecule has 0 unspecified atom stereocenters. The fourth-order valence-corrected chi connectivity index (χ4v) is 1.99. The molecule has 0 amide bonds. The van der Waals surface area contributed by atoms with E-state index in [0.29, 0.717) is 21.4 Å². The van der Waals surface area contributed by atoms with Gasteiger partial charge < -0.3 is 5.32 Å². The topological polar surface area (TPSA) is 55.2 Å². The van der Waals surface area contributed by atoms with Crippen LogP contribution in [-0.2, 0) is 0 Å². The number of benzene rings is 2. The maximum Gasteiger partial charge on any atom is 0.293 e. The van der Waals surface area contributed by atoms with Gasteiger partial charge in [-0.1, -0.05) is 15.9 Å². The molecule has 0 spiro atoms. The second-order valence-corrected chi connectivity index (χ2v) is 4.92. The predicted molar refractivity (Wildman–Crippen MR) is 75.2 cm³/mol. The minimum absolute atomic E-state index is 0.0450. The molecule has 0 saturated carbocycles. The van der Waals surface area contributed by atoms with Crippen LogP contribution in [0.1, 0.15) is 5.56 Å². The smallest absolute Gasteiger partial charge is 0.293 e. The Hall–Kier alpha value is -1.95. The summed E-state index contributed by atoms with van der Waals surface area (Å²) in [4.78, 5) is 10.5. The summed E-state index contributed by atoms with van der Waals surface area (Å²) in [5, 5.41) is 13.9. The molecular formula is C13H10BrFN2O2. The van der Waals surface area contributed by atoms with Crippen molar-refractivity contribution < 1.29 is 9.31 Å². The molecule has 0 saturated heterocycles. The molecule has 0 atom stereocenters. The molecule has 0 aliphatic heterocycles. The van der Waals surface area contributed by atoms with Crippen molar-refractivity contribution in [2.45, 2.75) is 6.92 Å². The van der Waals surface area contributed by atoms with Crippen LogP contribution >= 0.6 is 15.9 Å². The van der Waals surface area contributed by atoms with E-state index in [-0.39, 0.29) is 11.5 Å². The standard InChI is InChI=1S/C13H10BrFN2O2/c1-8-6-10(3-4-11(8)15)16-12-5-2-9(14)7-13(12)17(18)19/h2-7,16H,1H3. The summed E-state index contributed by atoms with van der Waals surface area (Å²) in [6, 6.07) is 9.17. The lowest BCUT2D eigenvalue weighted by Crippen LogP contribution is -1.97. The van der Waals surface area contributed by atoms with E-state index >= 15 is 0 Å². The first-order valence-corrected chi connectivity index (χ1v) is 6.24. The summed E-state index contributed by atoms with van der Waals surface area (Å²) in [6.45, 7) is 1.64. The Morgan fingerprint density at radius 3 is 2.63 bits per heavy atom. The van der Waals surface area contributed by atoms with Gasteiger partial charge in [0.25, 0.3) is 5.69 Å². The Morgan fingerprint density at radius 1 is 1.26 bits per heavy atom. The van der Waals surface area contributed by atoms with Crippen LogP contribution in [-0.4, -0.2) is 4.92 Å². The minimum Gasteiger partial charge on any atom is -0.350 e. The van der Waals surface area contributed by atoms with Gasteiger partial charge in [0.1, 0.15) is 11.5 Å². The van der Waals surface area contributed by atoms with Crippen molar-refractivity contribution in [3.8, 4) is 0 Å². The van der Waals surface area contributed by atoms with Gasteiger partial charge in [-0.3, -0.25) is 10.1 Å². The monoisotopic (exact) mass is 324 g/mol. The molecule has 4 nitrogen and oxygen atoms in total. The Balaban J connectivity index is 2.37. The molecule has 19 heavy (non-hydrogen) atoms. The average Bonchev–Trinajstić information content (AvgIpc) is 2.36. The molecule has 0 bridgehead atoms. The average molecular weight is 325 g/mol. The summed E-state index contributed by atoms with van der Waals surface area (Å²) in [6.07, 6.45) is 0. The number of nitrogens with one attached hydrogen (secondary N) is 1. The van der Waals surface area contributed by atoms with E-state index in [1.807, 2.05) is 0 Å². The molecule has 2 aromatic carbocycles. The fraction of sp³-hybridized carbons (Fsp3) is 0.0769. The second kappa shape index (κ2) is 5.36. The number of rotatable bonds is 3. The van der Waals surface area contributed by atoms with Crippen molar-refractivity contribution in [2.24, 2.45) is 0 Å². The highest BCUT2D eigenvalue weighted by Crippen LogP contribution is 2.30. The van der Waals surface area contributed by atoms with Gasteiger partial charge in [0.15, 0.2) is 0 Å². The van der Waals surface area contributed by atoms with Crippen LogP contribution in [0.25, 0.3) is 0 Å². The van der Waals surface area contributed by atoms with Gasteiger partial charge in [0.2, 0.25) is 0 Å². The van der Waals surface area contributed by atoms with E-state index in [2.05, 4.69) is 21.2 Å². The Kier molecular flexibility index (Phi) is 3.80. The lowest BCUT2D eigenvalue weighted by molar-refractivity contribution is -0.384. The van der Waals surface area contributed by atoms with Gasteiger partial charge in [-0.15, -0.1) is 0 Å².